The first-order valence-electron chi connectivity index (χ1n) is 10.9. The Morgan fingerprint density at radius 1 is 1.12 bits per heavy atom. The van der Waals surface area contributed by atoms with E-state index < -0.39 is 5.82 Å². The summed E-state index contributed by atoms with van der Waals surface area (Å²) in [6, 6.07) is 12.2. The lowest BCUT2D eigenvalue weighted by molar-refractivity contribution is -0.131. The zero-order valence-corrected chi connectivity index (χ0v) is 17.9. The second-order valence-corrected chi connectivity index (χ2v) is 8.36. The van der Waals surface area contributed by atoms with E-state index >= 15 is 0 Å². The summed E-state index contributed by atoms with van der Waals surface area (Å²) in [6.07, 6.45) is 7.61. The van der Waals surface area contributed by atoms with E-state index in [0.717, 1.165) is 28.0 Å². The molecule has 2 N–H and O–H groups in total. The van der Waals surface area contributed by atoms with Crippen LogP contribution in [0.5, 0.6) is 11.5 Å². The Kier molecular flexibility index (Phi) is 5.79. The van der Waals surface area contributed by atoms with Gasteiger partial charge in [-0.2, -0.15) is 0 Å². The number of hydrogen-bond acceptors (Lipinski definition) is 4. The van der Waals surface area contributed by atoms with E-state index in [0.29, 0.717) is 31.6 Å². The summed E-state index contributed by atoms with van der Waals surface area (Å²) in [4.78, 5) is 23.0. The van der Waals surface area contributed by atoms with Crippen LogP contribution in [0.3, 0.4) is 0 Å². The number of amides is 2. The SMILES string of the molecule is O=C1CC2=CC(=Cc3ccc(Oc4ccc(CC5COCC(=O)N5)cc4)c(F)c3)CC=C2N1. The van der Waals surface area contributed by atoms with Crippen LogP contribution in [-0.2, 0) is 20.7 Å². The molecule has 0 bridgehead atoms. The summed E-state index contributed by atoms with van der Waals surface area (Å²) in [5.74, 6) is 0.123. The first kappa shape index (κ1) is 21.2. The number of benzene rings is 2. The fraction of sp³-hybridized carbons (Fsp3) is 0.231. The maximum absolute atomic E-state index is 14.7. The van der Waals surface area contributed by atoms with Crippen molar-refractivity contribution < 1.29 is 23.5 Å². The number of carbonyl (C=O) groups excluding carboxylic acids is 2. The predicted octanol–water partition coefficient (Wildman–Crippen LogP) is 3.79. The first-order valence-corrected chi connectivity index (χ1v) is 10.9. The van der Waals surface area contributed by atoms with E-state index in [1.165, 1.54) is 6.07 Å². The highest BCUT2D eigenvalue weighted by Crippen LogP contribution is 2.30. The highest BCUT2D eigenvalue weighted by atomic mass is 19.1. The van der Waals surface area contributed by atoms with E-state index in [1.807, 2.05) is 30.4 Å². The Morgan fingerprint density at radius 3 is 2.76 bits per heavy atom. The fourth-order valence-corrected chi connectivity index (χ4v) is 4.18. The van der Waals surface area contributed by atoms with Crippen molar-refractivity contribution in [3.05, 3.63) is 88.4 Å². The minimum Gasteiger partial charge on any atom is -0.454 e. The van der Waals surface area contributed by atoms with E-state index in [-0.39, 0.29) is 30.2 Å². The van der Waals surface area contributed by atoms with Gasteiger partial charge in [0, 0.05) is 5.70 Å². The van der Waals surface area contributed by atoms with Gasteiger partial charge < -0.3 is 20.1 Å². The lowest BCUT2D eigenvalue weighted by atomic mass is 9.97. The maximum atomic E-state index is 14.7. The first-order chi connectivity index (χ1) is 16.0. The largest absolute Gasteiger partial charge is 0.454 e. The summed E-state index contributed by atoms with van der Waals surface area (Å²) in [7, 11) is 0. The molecule has 2 saturated heterocycles. The van der Waals surface area contributed by atoms with Crippen LogP contribution in [-0.4, -0.2) is 31.1 Å². The quantitative estimate of drug-likeness (QED) is 0.733. The van der Waals surface area contributed by atoms with Crippen molar-refractivity contribution in [1.29, 1.82) is 0 Å². The molecular formula is C26H23FN2O4. The summed E-state index contributed by atoms with van der Waals surface area (Å²) in [6.45, 7) is 0.597. The van der Waals surface area contributed by atoms with E-state index in [2.05, 4.69) is 10.6 Å². The van der Waals surface area contributed by atoms with Gasteiger partial charge in [-0.3, -0.25) is 9.59 Å². The van der Waals surface area contributed by atoms with Crippen molar-refractivity contribution in [2.75, 3.05) is 13.2 Å². The van der Waals surface area contributed by atoms with Crippen LogP contribution >= 0.6 is 0 Å². The zero-order chi connectivity index (χ0) is 22.8. The molecule has 33 heavy (non-hydrogen) atoms. The number of rotatable bonds is 5. The van der Waals surface area contributed by atoms with Crippen molar-refractivity contribution >= 4 is 17.9 Å². The zero-order valence-electron chi connectivity index (χ0n) is 17.9. The molecule has 1 aliphatic carbocycles. The third-order valence-corrected chi connectivity index (χ3v) is 5.73. The lowest BCUT2D eigenvalue weighted by Gasteiger charge is -2.23. The Labute approximate surface area is 190 Å². The molecule has 1 unspecified atom stereocenters. The van der Waals surface area contributed by atoms with Gasteiger partial charge in [0.1, 0.15) is 12.4 Å². The monoisotopic (exact) mass is 446 g/mol. The molecule has 0 radical (unpaired) electrons. The predicted molar refractivity (Wildman–Crippen MR) is 121 cm³/mol. The van der Waals surface area contributed by atoms with Gasteiger partial charge in [0.25, 0.3) is 0 Å². The smallest absolute Gasteiger partial charge is 0.246 e. The van der Waals surface area contributed by atoms with Crippen molar-refractivity contribution in [3.63, 3.8) is 0 Å². The van der Waals surface area contributed by atoms with Crippen LogP contribution in [0.4, 0.5) is 4.39 Å². The number of carbonyl (C=O) groups is 2. The van der Waals surface area contributed by atoms with Gasteiger partial charge in [0.15, 0.2) is 11.6 Å². The second kappa shape index (κ2) is 9.03. The number of allylic oxidation sites excluding steroid dienone is 4. The maximum Gasteiger partial charge on any atom is 0.246 e. The minimum atomic E-state index is -0.451. The van der Waals surface area contributed by atoms with E-state index in [4.69, 9.17) is 9.47 Å². The van der Waals surface area contributed by atoms with Crippen LogP contribution < -0.4 is 15.4 Å². The molecule has 2 heterocycles. The van der Waals surface area contributed by atoms with Crippen LogP contribution in [0.1, 0.15) is 24.0 Å². The number of hydrogen-bond donors (Lipinski definition) is 2. The molecule has 7 heteroatoms. The average molecular weight is 446 g/mol. The van der Waals surface area contributed by atoms with Crippen molar-refractivity contribution in [2.45, 2.75) is 25.3 Å². The fourth-order valence-electron chi connectivity index (χ4n) is 4.18. The molecule has 168 valence electrons. The number of nitrogens with one attached hydrogen (secondary N) is 2. The normalized spacial score (nSPS) is 21.1. The second-order valence-electron chi connectivity index (χ2n) is 8.36. The molecule has 2 aliphatic heterocycles. The molecule has 0 saturated carbocycles. The van der Waals surface area contributed by atoms with Gasteiger partial charge in [0.05, 0.1) is 19.1 Å². The summed E-state index contributed by atoms with van der Waals surface area (Å²) < 4.78 is 25.7. The van der Waals surface area contributed by atoms with Crippen LogP contribution in [0.25, 0.3) is 6.08 Å². The third-order valence-electron chi connectivity index (χ3n) is 5.73. The van der Waals surface area contributed by atoms with Crippen LogP contribution in [0, 0.1) is 5.82 Å². The highest BCUT2D eigenvalue weighted by molar-refractivity contribution is 5.87. The average Bonchev–Trinajstić information content (AvgIpc) is 3.16. The Balaban J connectivity index is 1.23. The summed E-state index contributed by atoms with van der Waals surface area (Å²) in [5.41, 5.74) is 4.63. The van der Waals surface area contributed by atoms with Crippen LogP contribution in [0.2, 0.25) is 0 Å². The van der Waals surface area contributed by atoms with Gasteiger partial charge in [-0.25, -0.2) is 4.39 Å². The standard InChI is InChI=1S/C26H23FN2O4/c27-22-12-18(9-17-3-7-23-19(10-17)13-25(30)29-23)4-8-24(22)33-21-5-1-16(2-6-21)11-20-14-32-15-26(31)28-20/h1-2,4-10,12,20H,3,11,13-15H2,(H,28,31)(H,29,30). The van der Waals surface area contributed by atoms with E-state index in [1.54, 1.807) is 24.3 Å². The molecule has 5 rings (SSSR count). The van der Waals surface area contributed by atoms with Gasteiger partial charge in [0.2, 0.25) is 11.8 Å². The van der Waals surface area contributed by atoms with Crippen molar-refractivity contribution in [2.24, 2.45) is 0 Å². The Hall–Kier alpha value is -3.71. The minimum absolute atomic E-state index is 0.00380. The van der Waals surface area contributed by atoms with E-state index in [9.17, 15) is 14.0 Å². The molecule has 1 atom stereocenters. The molecule has 6 nitrogen and oxygen atoms in total. The summed E-state index contributed by atoms with van der Waals surface area (Å²) >= 11 is 0. The Bertz CT molecular complexity index is 1200. The highest BCUT2D eigenvalue weighted by Gasteiger charge is 2.23. The number of ether oxygens (including phenoxy) is 2. The Morgan fingerprint density at radius 2 is 1.97 bits per heavy atom. The van der Waals surface area contributed by atoms with Gasteiger partial charge in [-0.1, -0.05) is 36.4 Å². The number of morpholine rings is 1. The lowest BCUT2D eigenvalue weighted by Crippen LogP contribution is -2.46. The molecule has 2 fully saturated rings. The van der Waals surface area contributed by atoms with Gasteiger partial charge >= 0.3 is 0 Å². The molecule has 3 aliphatic rings. The van der Waals surface area contributed by atoms with Crippen molar-refractivity contribution in [3.8, 4) is 11.5 Å². The molecular weight excluding hydrogens is 423 g/mol. The number of fused-ring (bicyclic) bond motifs is 1. The topological polar surface area (TPSA) is 76.7 Å². The van der Waals surface area contributed by atoms with Gasteiger partial charge in [-0.15, -0.1) is 0 Å². The molecule has 2 amide bonds. The number of halogens is 1. The van der Waals surface area contributed by atoms with Crippen molar-refractivity contribution in [1.82, 2.24) is 10.6 Å². The molecule has 2 aromatic rings. The van der Waals surface area contributed by atoms with Crippen LogP contribution in [0.15, 0.2) is 71.5 Å². The molecule has 0 aromatic heterocycles. The molecule has 2 aromatic carbocycles. The third kappa shape index (κ3) is 5.04. The van der Waals surface area contributed by atoms with Gasteiger partial charge in [-0.05, 0) is 59.4 Å². The molecule has 0 spiro atoms. The summed E-state index contributed by atoms with van der Waals surface area (Å²) in [5, 5.41) is 5.73.